The molecule has 1 N–H and O–H groups in total. The Kier molecular flexibility index (Phi) is 3.41. The Morgan fingerprint density at radius 2 is 2.06 bits per heavy atom. The van der Waals surface area contributed by atoms with Gasteiger partial charge in [-0.1, -0.05) is 0 Å². The van der Waals surface area contributed by atoms with Crippen molar-refractivity contribution in [3.8, 4) is 5.75 Å². The lowest BCUT2D eigenvalue weighted by Gasteiger charge is -2.12. The topological polar surface area (TPSA) is 46.5 Å². The van der Waals surface area contributed by atoms with Gasteiger partial charge in [0.05, 0.1) is 17.7 Å². The van der Waals surface area contributed by atoms with Gasteiger partial charge in [0.25, 0.3) is 0 Å². The van der Waals surface area contributed by atoms with E-state index in [1.807, 2.05) is 0 Å². The molecular formula is C10H9F3O3. The zero-order valence-electron chi connectivity index (χ0n) is 8.34. The number of phenols is 1. The molecule has 0 unspecified atom stereocenters. The van der Waals surface area contributed by atoms with Crippen LogP contribution in [-0.2, 0) is 10.9 Å². The third kappa shape index (κ3) is 2.65. The molecule has 88 valence electrons. The van der Waals surface area contributed by atoms with Crippen molar-refractivity contribution in [1.82, 2.24) is 0 Å². The fourth-order valence-corrected chi connectivity index (χ4v) is 1.15. The van der Waals surface area contributed by atoms with Gasteiger partial charge < -0.3 is 9.84 Å². The summed E-state index contributed by atoms with van der Waals surface area (Å²) in [6, 6.07) is 2.38. The molecule has 0 radical (unpaired) electrons. The van der Waals surface area contributed by atoms with Gasteiger partial charge in [-0.3, -0.25) is 0 Å². The smallest absolute Gasteiger partial charge is 0.417 e. The third-order valence-corrected chi connectivity index (χ3v) is 1.80. The van der Waals surface area contributed by atoms with Crippen LogP contribution in [0.3, 0.4) is 0 Å². The van der Waals surface area contributed by atoms with Crippen LogP contribution in [0.15, 0.2) is 18.2 Å². The minimum atomic E-state index is -4.71. The summed E-state index contributed by atoms with van der Waals surface area (Å²) in [5.41, 5.74) is -1.81. The van der Waals surface area contributed by atoms with Crippen LogP contribution in [0.2, 0.25) is 0 Å². The molecule has 0 saturated heterocycles. The van der Waals surface area contributed by atoms with Gasteiger partial charge >= 0.3 is 12.1 Å². The van der Waals surface area contributed by atoms with Crippen LogP contribution in [-0.4, -0.2) is 17.7 Å². The molecule has 0 saturated carbocycles. The number of hydrogen-bond acceptors (Lipinski definition) is 3. The van der Waals surface area contributed by atoms with E-state index in [2.05, 4.69) is 4.74 Å². The van der Waals surface area contributed by atoms with E-state index in [1.165, 1.54) is 6.92 Å². The highest BCUT2D eigenvalue weighted by Gasteiger charge is 2.36. The number of benzene rings is 1. The van der Waals surface area contributed by atoms with Crippen molar-refractivity contribution in [2.75, 3.05) is 6.61 Å². The minimum absolute atomic E-state index is 0.0169. The molecule has 0 aliphatic carbocycles. The first-order valence-corrected chi connectivity index (χ1v) is 4.43. The molecule has 0 aliphatic rings. The summed E-state index contributed by atoms with van der Waals surface area (Å²) in [5, 5.41) is 8.96. The van der Waals surface area contributed by atoms with Crippen molar-refractivity contribution < 1.29 is 27.8 Å². The van der Waals surface area contributed by atoms with Gasteiger partial charge in [-0.15, -0.1) is 0 Å². The second-order valence-corrected chi connectivity index (χ2v) is 2.95. The van der Waals surface area contributed by atoms with Crippen molar-refractivity contribution in [1.29, 1.82) is 0 Å². The Morgan fingerprint density at radius 3 is 2.56 bits per heavy atom. The molecule has 0 spiro atoms. The van der Waals surface area contributed by atoms with E-state index in [0.717, 1.165) is 12.1 Å². The number of esters is 1. The Hall–Kier alpha value is -1.72. The molecule has 0 fully saturated rings. The molecule has 1 rings (SSSR count). The van der Waals surface area contributed by atoms with E-state index in [9.17, 15) is 18.0 Å². The second kappa shape index (κ2) is 4.42. The summed E-state index contributed by atoms with van der Waals surface area (Å²) in [5.74, 6) is -1.62. The Bertz CT molecular complexity index is 399. The first-order chi connectivity index (χ1) is 7.36. The number of phenolic OH excluding ortho intramolecular Hbond substituents is 1. The monoisotopic (exact) mass is 234 g/mol. The Labute approximate surface area is 89.5 Å². The zero-order valence-corrected chi connectivity index (χ0v) is 8.34. The van der Waals surface area contributed by atoms with Gasteiger partial charge in [0, 0.05) is 0 Å². The second-order valence-electron chi connectivity index (χ2n) is 2.95. The maximum absolute atomic E-state index is 12.5. The normalized spacial score (nSPS) is 11.2. The summed E-state index contributed by atoms with van der Waals surface area (Å²) < 4.78 is 42.0. The predicted octanol–water partition coefficient (Wildman–Crippen LogP) is 2.59. The van der Waals surface area contributed by atoms with Gasteiger partial charge in [-0.2, -0.15) is 13.2 Å². The van der Waals surface area contributed by atoms with Crippen LogP contribution in [0, 0.1) is 0 Å². The predicted molar refractivity (Wildman–Crippen MR) is 49.1 cm³/mol. The van der Waals surface area contributed by atoms with Crippen LogP contribution < -0.4 is 0 Å². The lowest BCUT2D eigenvalue weighted by Crippen LogP contribution is -2.14. The fourth-order valence-electron chi connectivity index (χ4n) is 1.15. The molecule has 0 aliphatic heterocycles. The average Bonchev–Trinajstić information content (AvgIpc) is 2.16. The number of carbonyl (C=O) groups is 1. The van der Waals surface area contributed by atoms with E-state index < -0.39 is 29.0 Å². The van der Waals surface area contributed by atoms with E-state index in [1.54, 1.807) is 0 Å². The first-order valence-electron chi connectivity index (χ1n) is 4.43. The summed E-state index contributed by atoms with van der Waals surface area (Å²) in [4.78, 5) is 11.2. The number of hydrogen-bond donors (Lipinski definition) is 1. The van der Waals surface area contributed by atoms with Crippen molar-refractivity contribution >= 4 is 5.97 Å². The average molecular weight is 234 g/mol. The van der Waals surface area contributed by atoms with Gasteiger partial charge in [-0.05, 0) is 25.1 Å². The lowest BCUT2D eigenvalue weighted by molar-refractivity contribution is -0.138. The molecule has 1 aromatic carbocycles. The largest absolute Gasteiger partial charge is 0.508 e. The number of aromatic hydroxyl groups is 1. The summed E-state index contributed by atoms with van der Waals surface area (Å²) in [7, 11) is 0. The molecule has 0 heterocycles. The quantitative estimate of drug-likeness (QED) is 0.800. The van der Waals surface area contributed by atoms with Crippen molar-refractivity contribution in [2.45, 2.75) is 13.1 Å². The van der Waals surface area contributed by atoms with E-state index >= 15 is 0 Å². The summed E-state index contributed by atoms with van der Waals surface area (Å²) in [6.45, 7) is 1.47. The molecule has 0 atom stereocenters. The maximum atomic E-state index is 12.5. The number of carbonyl (C=O) groups excluding carboxylic acids is 1. The van der Waals surface area contributed by atoms with Crippen LogP contribution in [0.5, 0.6) is 5.75 Å². The van der Waals surface area contributed by atoms with Crippen LogP contribution >= 0.6 is 0 Å². The maximum Gasteiger partial charge on any atom is 0.417 e. The fraction of sp³-hybridized carbons (Fsp3) is 0.300. The standard InChI is InChI=1S/C10H9F3O3/c1-2-16-9(15)7-4-3-6(14)5-8(7)10(11,12)13/h3-5,14H,2H2,1H3. The zero-order chi connectivity index (χ0) is 12.3. The first kappa shape index (κ1) is 12.4. The molecule has 16 heavy (non-hydrogen) atoms. The van der Waals surface area contributed by atoms with Crippen molar-refractivity contribution in [3.63, 3.8) is 0 Å². The number of halogens is 3. The van der Waals surface area contributed by atoms with E-state index in [4.69, 9.17) is 5.11 Å². The van der Waals surface area contributed by atoms with E-state index in [-0.39, 0.29) is 6.61 Å². The highest BCUT2D eigenvalue weighted by atomic mass is 19.4. The molecule has 1 aromatic rings. The summed E-state index contributed by atoms with van der Waals surface area (Å²) in [6.07, 6.45) is -4.71. The Morgan fingerprint density at radius 1 is 1.44 bits per heavy atom. The number of alkyl halides is 3. The molecule has 0 amide bonds. The highest BCUT2D eigenvalue weighted by molar-refractivity contribution is 5.91. The van der Waals surface area contributed by atoms with Crippen molar-refractivity contribution in [3.05, 3.63) is 29.3 Å². The van der Waals surface area contributed by atoms with Crippen LogP contribution in [0.25, 0.3) is 0 Å². The van der Waals surface area contributed by atoms with Gasteiger partial charge in [-0.25, -0.2) is 4.79 Å². The van der Waals surface area contributed by atoms with Crippen LogP contribution in [0.1, 0.15) is 22.8 Å². The highest BCUT2D eigenvalue weighted by Crippen LogP contribution is 2.34. The van der Waals surface area contributed by atoms with Crippen LogP contribution in [0.4, 0.5) is 13.2 Å². The SMILES string of the molecule is CCOC(=O)c1ccc(O)cc1C(F)(F)F. The van der Waals surface area contributed by atoms with Gasteiger partial charge in [0.1, 0.15) is 5.75 Å². The molecule has 0 bridgehead atoms. The van der Waals surface area contributed by atoms with Crippen molar-refractivity contribution in [2.24, 2.45) is 0 Å². The molecular weight excluding hydrogens is 225 g/mol. The molecule has 0 aromatic heterocycles. The molecule has 6 heteroatoms. The third-order valence-electron chi connectivity index (χ3n) is 1.80. The van der Waals surface area contributed by atoms with Gasteiger partial charge in [0.2, 0.25) is 0 Å². The molecule has 3 nitrogen and oxygen atoms in total. The number of rotatable bonds is 2. The lowest BCUT2D eigenvalue weighted by atomic mass is 10.1. The van der Waals surface area contributed by atoms with Gasteiger partial charge in [0.15, 0.2) is 0 Å². The van der Waals surface area contributed by atoms with E-state index in [0.29, 0.717) is 6.07 Å². The summed E-state index contributed by atoms with van der Waals surface area (Å²) >= 11 is 0. The minimum Gasteiger partial charge on any atom is -0.508 e. The Balaban J connectivity index is 3.23. The number of ether oxygens (including phenoxy) is 1.